The van der Waals surface area contributed by atoms with Crippen LogP contribution in [0.5, 0.6) is 6.01 Å². The molecular formula is C24H27N9O2. The normalized spacial score (nSPS) is 22.4. The zero-order valence-corrected chi connectivity index (χ0v) is 19.4. The predicted octanol–water partition coefficient (Wildman–Crippen LogP) is 2.35. The van der Waals surface area contributed by atoms with E-state index in [9.17, 15) is 4.79 Å². The monoisotopic (exact) mass is 473 g/mol. The van der Waals surface area contributed by atoms with Crippen molar-refractivity contribution in [2.45, 2.75) is 50.5 Å². The Bertz CT molecular complexity index is 1270. The standard InChI is InChI=1S/C24H27N9O2/c25-11-15-10-16(15)13-35-24-31-21(22(34)29-17-2-1-3-17)30-23(32-24)33-8-4-14(5-9-33)18-12-28-20-19(18)26-6-7-27-20/h6-7,12,14-17H,1-5,8-10,13H2,(H,27,28)(H,29,34)/t15?,16-/m1/s1. The highest BCUT2D eigenvalue weighted by Gasteiger charge is 2.38. The van der Waals surface area contributed by atoms with Crippen molar-refractivity contribution in [1.29, 1.82) is 5.26 Å². The summed E-state index contributed by atoms with van der Waals surface area (Å²) < 4.78 is 5.82. The molecule has 4 heterocycles. The number of H-pyrrole nitrogens is 1. The van der Waals surface area contributed by atoms with E-state index >= 15 is 0 Å². The molecule has 1 unspecified atom stereocenters. The van der Waals surface area contributed by atoms with Crippen LogP contribution in [0.3, 0.4) is 0 Å². The average Bonchev–Trinajstić information content (AvgIpc) is 3.51. The summed E-state index contributed by atoms with van der Waals surface area (Å²) >= 11 is 0. The molecule has 3 aliphatic rings. The van der Waals surface area contributed by atoms with E-state index in [2.05, 4.69) is 46.2 Å². The Kier molecular flexibility index (Phi) is 5.64. The summed E-state index contributed by atoms with van der Waals surface area (Å²) in [5, 5.41) is 12.1. The molecule has 1 aliphatic heterocycles. The van der Waals surface area contributed by atoms with Crippen molar-refractivity contribution in [3.8, 4) is 12.1 Å². The molecule has 0 radical (unpaired) electrons. The van der Waals surface area contributed by atoms with Gasteiger partial charge in [-0.05, 0) is 44.4 Å². The number of nitrogens with one attached hydrogen (secondary N) is 2. The van der Waals surface area contributed by atoms with Gasteiger partial charge >= 0.3 is 6.01 Å². The lowest BCUT2D eigenvalue weighted by Gasteiger charge is -2.32. The van der Waals surface area contributed by atoms with Crippen LogP contribution in [-0.4, -0.2) is 61.5 Å². The van der Waals surface area contributed by atoms with Gasteiger partial charge in [-0.25, -0.2) is 4.98 Å². The molecule has 1 saturated heterocycles. The fraction of sp³-hybridized carbons (Fsp3) is 0.542. The number of aromatic amines is 1. The molecule has 11 nitrogen and oxygen atoms in total. The minimum absolute atomic E-state index is 0.0333. The van der Waals surface area contributed by atoms with E-state index in [-0.39, 0.29) is 35.6 Å². The first kappa shape index (κ1) is 21.7. The van der Waals surface area contributed by atoms with Gasteiger partial charge < -0.3 is 19.9 Å². The van der Waals surface area contributed by atoms with Crippen LogP contribution in [0.15, 0.2) is 18.6 Å². The van der Waals surface area contributed by atoms with E-state index < -0.39 is 0 Å². The summed E-state index contributed by atoms with van der Waals surface area (Å²) in [4.78, 5) is 40.3. The number of ether oxygens (including phenoxy) is 1. The van der Waals surface area contributed by atoms with E-state index in [4.69, 9.17) is 10.00 Å². The highest BCUT2D eigenvalue weighted by Crippen LogP contribution is 2.38. The second-order valence-electron chi connectivity index (χ2n) is 9.64. The molecule has 2 saturated carbocycles. The molecule has 3 aromatic heterocycles. The average molecular weight is 474 g/mol. The fourth-order valence-corrected chi connectivity index (χ4v) is 4.80. The first-order valence-corrected chi connectivity index (χ1v) is 12.3. The Morgan fingerprint density at radius 1 is 1.17 bits per heavy atom. The van der Waals surface area contributed by atoms with Gasteiger partial charge in [0.15, 0.2) is 5.65 Å². The third kappa shape index (κ3) is 4.48. The number of aromatic nitrogens is 6. The van der Waals surface area contributed by atoms with Gasteiger partial charge in [-0.15, -0.1) is 0 Å². The molecule has 3 aromatic rings. The molecule has 35 heavy (non-hydrogen) atoms. The van der Waals surface area contributed by atoms with Gasteiger partial charge in [0.1, 0.15) is 5.52 Å². The number of nitriles is 1. The zero-order chi connectivity index (χ0) is 23.8. The van der Waals surface area contributed by atoms with E-state index in [1.807, 2.05) is 6.20 Å². The van der Waals surface area contributed by atoms with E-state index in [0.717, 1.165) is 62.8 Å². The first-order valence-electron chi connectivity index (χ1n) is 12.3. The molecule has 11 heteroatoms. The first-order chi connectivity index (χ1) is 17.2. The number of carbonyl (C=O) groups excluding carboxylic acids is 1. The Balaban J connectivity index is 1.18. The molecule has 0 bridgehead atoms. The van der Waals surface area contributed by atoms with Crippen LogP contribution in [0.2, 0.25) is 0 Å². The lowest BCUT2D eigenvalue weighted by molar-refractivity contribution is 0.0904. The Morgan fingerprint density at radius 2 is 2.00 bits per heavy atom. The number of piperidine rings is 1. The maximum atomic E-state index is 12.8. The molecule has 2 N–H and O–H groups in total. The van der Waals surface area contributed by atoms with Crippen molar-refractivity contribution in [3.63, 3.8) is 0 Å². The molecule has 6 rings (SSSR count). The summed E-state index contributed by atoms with van der Waals surface area (Å²) in [6, 6.07) is 2.59. The van der Waals surface area contributed by atoms with Crippen molar-refractivity contribution in [2.24, 2.45) is 11.8 Å². The summed E-state index contributed by atoms with van der Waals surface area (Å²) in [6.07, 6.45) is 11.1. The molecule has 0 aromatic carbocycles. The highest BCUT2D eigenvalue weighted by atomic mass is 16.5. The maximum Gasteiger partial charge on any atom is 0.321 e. The quantitative estimate of drug-likeness (QED) is 0.528. The number of hydrogen-bond acceptors (Lipinski definition) is 9. The van der Waals surface area contributed by atoms with Crippen molar-refractivity contribution in [3.05, 3.63) is 30.0 Å². The number of anilines is 1. The number of amides is 1. The van der Waals surface area contributed by atoms with Gasteiger partial charge in [-0.2, -0.15) is 20.2 Å². The number of rotatable bonds is 7. The van der Waals surface area contributed by atoms with Crippen LogP contribution in [0.4, 0.5) is 5.95 Å². The number of fused-ring (bicyclic) bond motifs is 1. The SMILES string of the molecule is N#CC1C[C@@H]1COc1nc(C(=O)NC2CCC2)nc(N2CCC(c3c[nH]c4nccnc34)CC2)n1. The summed E-state index contributed by atoms with van der Waals surface area (Å²) in [7, 11) is 0. The zero-order valence-electron chi connectivity index (χ0n) is 19.4. The van der Waals surface area contributed by atoms with E-state index in [0.29, 0.717) is 18.5 Å². The lowest BCUT2D eigenvalue weighted by atomic mass is 9.91. The summed E-state index contributed by atoms with van der Waals surface area (Å²) in [5.74, 6) is 0.829. The molecule has 1 amide bonds. The van der Waals surface area contributed by atoms with Crippen molar-refractivity contribution in [2.75, 3.05) is 24.6 Å². The number of hydrogen-bond donors (Lipinski definition) is 2. The summed E-state index contributed by atoms with van der Waals surface area (Å²) in [5.41, 5.74) is 2.91. The Morgan fingerprint density at radius 3 is 2.74 bits per heavy atom. The second-order valence-corrected chi connectivity index (χ2v) is 9.64. The lowest BCUT2D eigenvalue weighted by Crippen LogP contribution is -2.41. The Labute approximate surface area is 202 Å². The largest absolute Gasteiger partial charge is 0.463 e. The van der Waals surface area contributed by atoms with Crippen LogP contribution in [-0.2, 0) is 0 Å². The highest BCUT2D eigenvalue weighted by molar-refractivity contribution is 5.91. The number of carbonyl (C=O) groups is 1. The van der Waals surface area contributed by atoms with Gasteiger partial charge in [-0.1, -0.05) is 0 Å². The second kappa shape index (κ2) is 9.09. The minimum Gasteiger partial charge on any atom is -0.463 e. The molecule has 0 spiro atoms. The van der Waals surface area contributed by atoms with Crippen LogP contribution in [0, 0.1) is 23.2 Å². The third-order valence-electron chi connectivity index (χ3n) is 7.32. The molecule has 3 fully saturated rings. The van der Waals surface area contributed by atoms with Crippen LogP contribution in [0.1, 0.15) is 60.6 Å². The van der Waals surface area contributed by atoms with Crippen LogP contribution >= 0.6 is 0 Å². The predicted molar refractivity (Wildman–Crippen MR) is 126 cm³/mol. The summed E-state index contributed by atoms with van der Waals surface area (Å²) in [6.45, 7) is 1.85. The van der Waals surface area contributed by atoms with Crippen molar-refractivity contribution < 1.29 is 9.53 Å². The van der Waals surface area contributed by atoms with Crippen molar-refractivity contribution in [1.82, 2.24) is 35.2 Å². The van der Waals surface area contributed by atoms with Crippen LogP contribution in [0.25, 0.3) is 11.2 Å². The van der Waals surface area contributed by atoms with E-state index in [1.54, 1.807) is 12.4 Å². The van der Waals surface area contributed by atoms with Gasteiger partial charge in [0.2, 0.25) is 11.8 Å². The molecule has 2 aliphatic carbocycles. The van der Waals surface area contributed by atoms with E-state index in [1.165, 1.54) is 5.56 Å². The van der Waals surface area contributed by atoms with Gasteiger partial charge in [0, 0.05) is 49.2 Å². The maximum absolute atomic E-state index is 12.8. The van der Waals surface area contributed by atoms with Crippen molar-refractivity contribution >= 4 is 23.0 Å². The molecular weight excluding hydrogens is 446 g/mol. The smallest absolute Gasteiger partial charge is 0.321 e. The Hall–Kier alpha value is -3.81. The third-order valence-corrected chi connectivity index (χ3v) is 7.32. The van der Waals surface area contributed by atoms with Gasteiger partial charge in [0.25, 0.3) is 5.91 Å². The number of nitrogens with zero attached hydrogens (tertiary/aromatic N) is 7. The van der Waals surface area contributed by atoms with Gasteiger partial charge in [-0.3, -0.25) is 9.78 Å². The van der Waals surface area contributed by atoms with Crippen LogP contribution < -0.4 is 15.0 Å². The fourth-order valence-electron chi connectivity index (χ4n) is 4.80. The minimum atomic E-state index is -0.295. The topological polar surface area (TPSA) is 146 Å². The molecule has 180 valence electrons. The van der Waals surface area contributed by atoms with Gasteiger partial charge in [0.05, 0.1) is 18.6 Å². The molecule has 2 atom stereocenters.